The van der Waals surface area contributed by atoms with Crippen LogP contribution < -0.4 is 10.3 Å². The highest BCUT2D eigenvalue weighted by Crippen LogP contribution is 2.29. The van der Waals surface area contributed by atoms with E-state index in [-0.39, 0.29) is 11.5 Å². The Bertz CT molecular complexity index is 1440. The third-order valence-corrected chi connectivity index (χ3v) is 6.78. The lowest BCUT2D eigenvalue weighted by Crippen LogP contribution is -2.39. The average Bonchev–Trinajstić information content (AvgIpc) is 2.91. The summed E-state index contributed by atoms with van der Waals surface area (Å²) in [7, 11) is 1.61. The number of nitrogens with zero attached hydrogens (tertiary/aromatic N) is 3. The summed E-state index contributed by atoms with van der Waals surface area (Å²) < 4.78 is 6.99. The van der Waals surface area contributed by atoms with Crippen molar-refractivity contribution in [1.82, 2.24) is 14.5 Å². The highest BCUT2D eigenvalue weighted by Gasteiger charge is 2.30. The van der Waals surface area contributed by atoms with E-state index in [9.17, 15) is 9.59 Å². The molecule has 0 spiro atoms. The number of methoxy groups -OCH3 is 1. The van der Waals surface area contributed by atoms with Crippen LogP contribution in [0.1, 0.15) is 61.4 Å². The van der Waals surface area contributed by atoms with Crippen LogP contribution in [0.5, 0.6) is 5.75 Å². The fourth-order valence-corrected chi connectivity index (χ4v) is 4.66. The van der Waals surface area contributed by atoms with E-state index in [0.717, 1.165) is 12.0 Å². The van der Waals surface area contributed by atoms with Crippen LogP contribution in [0.2, 0.25) is 0 Å². The highest BCUT2D eigenvalue weighted by atomic mass is 16.5. The summed E-state index contributed by atoms with van der Waals surface area (Å²) >= 11 is 0. The zero-order valence-electron chi connectivity index (χ0n) is 22.3. The average molecular weight is 498 g/mol. The van der Waals surface area contributed by atoms with E-state index in [1.165, 1.54) is 0 Å². The van der Waals surface area contributed by atoms with Crippen LogP contribution in [0.25, 0.3) is 16.6 Å². The lowest BCUT2D eigenvalue weighted by Gasteiger charge is -2.33. The molecule has 0 aliphatic carbocycles. The fraction of sp³-hybridized carbons (Fsp3) is 0.323. The Morgan fingerprint density at radius 1 is 1.00 bits per heavy atom. The van der Waals surface area contributed by atoms with Crippen LogP contribution in [-0.2, 0) is 0 Å². The summed E-state index contributed by atoms with van der Waals surface area (Å²) in [6.45, 7) is 8.86. The number of aryl methyl sites for hydroxylation is 1. The molecule has 0 saturated heterocycles. The molecule has 3 aromatic carbocycles. The van der Waals surface area contributed by atoms with Crippen LogP contribution in [0.15, 0.2) is 77.6 Å². The maximum absolute atomic E-state index is 14.0. The molecule has 1 atom stereocenters. The second-order valence-corrected chi connectivity index (χ2v) is 9.75. The summed E-state index contributed by atoms with van der Waals surface area (Å²) in [4.78, 5) is 34.8. The first kappa shape index (κ1) is 26.1. The van der Waals surface area contributed by atoms with Crippen molar-refractivity contribution >= 4 is 16.8 Å². The largest absolute Gasteiger partial charge is 0.497 e. The van der Waals surface area contributed by atoms with Gasteiger partial charge in [0.25, 0.3) is 11.5 Å². The molecule has 0 N–H and O–H groups in total. The number of hydrogen-bond donors (Lipinski definition) is 0. The molecule has 1 aromatic heterocycles. The van der Waals surface area contributed by atoms with Gasteiger partial charge in [0.1, 0.15) is 11.6 Å². The molecule has 192 valence electrons. The van der Waals surface area contributed by atoms with Crippen molar-refractivity contribution in [2.45, 2.75) is 46.6 Å². The maximum atomic E-state index is 14.0. The van der Waals surface area contributed by atoms with E-state index in [0.29, 0.717) is 52.6 Å². The summed E-state index contributed by atoms with van der Waals surface area (Å²) in [6.07, 6.45) is 1.45. The minimum absolute atomic E-state index is 0.0470. The molecule has 6 heteroatoms. The van der Waals surface area contributed by atoms with E-state index >= 15 is 0 Å². The molecule has 6 nitrogen and oxygen atoms in total. The van der Waals surface area contributed by atoms with E-state index in [1.807, 2.05) is 85.5 Å². The van der Waals surface area contributed by atoms with E-state index in [1.54, 1.807) is 17.7 Å². The van der Waals surface area contributed by atoms with Crippen molar-refractivity contribution in [2.75, 3.05) is 13.7 Å². The highest BCUT2D eigenvalue weighted by molar-refractivity contribution is 5.96. The van der Waals surface area contributed by atoms with Gasteiger partial charge in [-0.2, -0.15) is 0 Å². The van der Waals surface area contributed by atoms with Gasteiger partial charge in [0.15, 0.2) is 0 Å². The van der Waals surface area contributed by atoms with Crippen LogP contribution in [0.3, 0.4) is 0 Å². The molecule has 0 bridgehead atoms. The molecule has 0 fully saturated rings. The first-order valence-electron chi connectivity index (χ1n) is 12.9. The summed E-state index contributed by atoms with van der Waals surface area (Å²) in [5.74, 6) is 1.63. The first-order chi connectivity index (χ1) is 17.8. The van der Waals surface area contributed by atoms with Crippen molar-refractivity contribution in [1.29, 1.82) is 0 Å². The van der Waals surface area contributed by atoms with Crippen molar-refractivity contribution in [3.05, 3.63) is 100 Å². The SMILES string of the molecule is CCC(c1nc2ccccc2c(=O)n1-c1ccc(OC)cc1)N(CCC(C)C)C(=O)c1ccccc1C. The van der Waals surface area contributed by atoms with E-state index in [4.69, 9.17) is 9.72 Å². The summed E-state index contributed by atoms with van der Waals surface area (Å²) in [5, 5.41) is 0.538. The number of benzene rings is 3. The zero-order chi connectivity index (χ0) is 26.5. The standard InChI is InChI=1S/C31H35N3O3/c1-6-28(33(20-19-21(2)3)30(35)25-12-8-7-11-22(25)4)29-32-27-14-10-9-13-26(27)31(36)34(29)23-15-17-24(37-5)18-16-23/h7-18,21,28H,6,19-20H2,1-5H3. The van der Waals surface area contributed by atoms with Crippen molar-refractivity contribution < 1.29 is 9.53 Å². The normalized spacial score (nSPS) is 12.1. The number of fused-ring (bicyclic) bond motifs is 1. The van der Waals surface area contributed by atoms with Crippen LogP contribution in [0.4, 0.5) is 0 Å². The monoisotopic (exact) mass is 497 g/mol. The summed E-state index contributed by atoms with van der Waals surface area (Å²) in [6, 6.07) is 22.0. The Morgan fingerprint density at radius 2 is 1.68 bits per heavy atom. The van der Waals surface area contributed by atoms with Gasteiger partial charge in [-0.25, -0.2) is 4.98 Å². The number of amides is 1. The van der Waals surface area contributed by atoms with Gasteiger partial charge in [-0.05, 0) is 73.7 Å². The third kappa shape index (κ3) is 5.43. The molecule has 1 amide bonds. The smallest absolute Gasteiger partial charge is 0.266 e. The molecule has 1 unspecified atom stereocenters. The molecule has 37 heavy (non-hydrogen) atoms. The Labute approximate surface area is 218 Å². The van der Waals surface area contributed by atoms with Crippen molar-refractivity contribution in [2.24, 2.45) is 5.92 Å². The molecular formula is C31H35N3O3. The topological polar surface area (TPSA) is 64.4 Å². The van der Waals surface area contributed by atoms with Crippen LogP contribution in [-0.4, -0.2) is 34.0 Å². The van der Waals surface area contributed by atoms with Crippen molar-refractivity contribution in [3.63, 3.8) is 0 Å². The van der Waals surface area contributed by atoms with Gasteiger partial charge in [0.05, 0.1) is 29.7 Å². The quantitative estimate of drug-likeness (QED) is 0.271. The molecule has 4 aromatic rings. The molecule has 1 heterocycles. The lowest BCUT2D eigenvalue weighted by atomic mass is 10.0. The van der Waals surface area contributed by atoms with Gasteiger partial charge in [0.2, 0.25) is 0 Å². The molecule has 4 rings (SSSR count). The Morgan fingerprint density at radius 3 is 2.32 bits per heavy atom. The predicted molar refractivity (Wildman–Crippen MR) is 149 cm³/mol. The second-order valence-electron chi connectivity index (χ2n) is 9.75. The van der Waals surface area contributed by atoms with Gasteiger partial charge < -0.3 is 9.64 Å². The number of hydrogen-bond acceptors (Lipinski definition) is 4. The molecule has 0 saturated carbocycles. The summed E-state index contributed by atoms with van der Waals surface area (Å²) in [5.41, 5.74) is 2.75. The van der Waals surface area contributed by atoms with E-state index in [2.05, 4.69) is 13.8 Å². The Kier molecular flexibility index (Phi) is 8.07. The number of carbonyl (C=O) groups excluding carboxylic acids is 1. The van der Waals surface area contributed by atoms with Gasteiger partial charge in [-0.1, -0.05) is 51.1 Å². The number of aromatic nitrogens is 2. The number of rotatable bonds is 9. The van der Waals surface area contributed by atoms with Crippen molar-refractivity contribution in [3.8, 4) is 11.4 Å². The molecule has 0 aliphatic rings. The molecule has 0 aliphatic heterocycles. The van der Waals surface area contributed by atoms with E-state index < -0.39 is 6.04 Å². The minimum atomic E-state index is -0.398. The third-order valence-electron chi connectivity index (χ3n) is 6.78. The number of ether oxygens (including phenoxy) is 1. The lowest BCUT2D eigenvalue weighted by molar-refractivity contribution is 0.0648. The van der Waals surface area contributed by atoms with Crippen LogP contribution in [0, 0.1) is 12.8 Å². The number of carbonyl (C=O) groups is 1. The minimum Gasteiger partial charge on any atom is -0.497 e. The van der Waals surface area contributed by atoms with Gasteiger partial charge in [0, 0.05) is 12.1 Å². The van der Waals surface area contributed by atoms with Gasteiger partial charge >= 0.3 is 0 Å². The maximum Gasteiger partial charge on any atom is 0.266 e. The van der Waals surface area contributed by atoms with Gasteiger partial charge in [-0.3, -0.25) is 14.2 Å². The Balaban J connectivity index is 1.94. The zero-order valence-corrected chi connectivity index (χ0v) is 22.3. The number of para-hydroxylation sites is 1. The fourth-order valence-electron chi connectivity index (χ4n) is 4.66. The van der Waals surface area contributed by atoms with Crippen LogP contribution >= 0.6 is 0 Å². The molecule has 0 radical (unpaired) electrons. The van der Waals surface area contributed by atoms with Gasteiger partial charge in [-0.15, -0.1) is 0 Å². The molecular weight excluding hydrogens is 462 g/mol. The Hall–Kier alpha value is -3.93. The second kappa shape index (κ2) is 11.4. The first-order valence-corrected chi connectivity index (χ1v) is 12.9. The predicted octanol–water partition coefficient (Wildman–Crippen LogP) is 6.34.